The number of aromatic nitrogens is 4. The lowest BCUT2D eigenvalue weighted by atomic mass is 10.1. The Kier molecular flexibility index (Phi) is 4.08. The van der Waals surface area contributed by atoms with Gasteiger partial charge < -0.3 is 10.4 Å². The summed E-state index contributed by atoms with van der Waals surface area (Å²) < 4.78 is 1.26. The smallest absolute Gasteiger partial charge is 0.405 e. The lowest BCUT2D eigenvalue weighted by Crippen LogP contribution is -2.35. The van der Waals surface area contributed by atoms with Crippen molar-refractivity contribution in [1.82, 2.24) is 25.1 Å². The van der Waals surface area contributed by atoms with Gasteiger partial charge in [-0.3, -0.25) is 9.89 Å². The van der Waals surface area contributed by atoms with E-state index in [4.69, 9.17) is 23.2 Å². The second-order valence-corrected chi connectivity index (χ2v) is 6.90. The lowest BCUT2D eigenvalue weighted by Gasteiger charge is -2.20. The third-order valence-corrected chi connectivity index (χ3v) is 4.79. The van der Waals surface area contributed by atoms with Gasteiger partial charge in [0.1, 0.15) is 11.0 Å². The van der Waals surface area contributed by atoms with Crippen molar-refractivity contribution < 1.29 is 9.90 Å². The van der Waals surface area contributed by atoms with Crippen LogP contribution in [0.5, 0.6) is 0 Å². The van der Waals surface area contributed by atoms with Gasteiger partial charge in [-0.05, 0) is 30.9 Å². The van der Waals surface area contributed by atoms with Crippen LogP contribution >= 0.6 is 23.2 Å². The van der Waals surface area contributed by atoms with Crippen molar-refractivity contribution >= 4 is 40.2 Å². The molecule has 1 aliphatic rings. The normalized spacial score (nSPS) is 15.2. The molecule has 3 N–H and O–H groups in total. The van der Waals surface area contributed by atoms with Crippen LogP contribution in [0.25, 0.3) is 16.7 Å². The van der Waals surface area contributed by atoms with Gasteiger partial charge in [-0.15, -0.1) is 0 Å². The molecule has 0 radical (unpaired) electrons. The van der Waals surface area contributed by atoms with Crippen molar-refractivity contribution in [3.05, 3.63) is 50.6 Å². The van der Waals surface area contributed by atoms with E-state index in [0.29, 0.717) is 5.52 Å². The SMILES string of the molecule is O=C(O)NC(c1nc2cccc(Cl)c2c(=O)n1-c1cc(Cl)[nH]n1)C1CC1. The molecule has 0 saturated heterocycles. The molecule has 0 spiro atoms. The standard InChI is InChI=1S/C16H13Cl2N5O3/c17-8-2-1-3-9-12(8)15(24)23(11-6-10(18)21-22-11)14(19-9)13(7-4-5-7)20-16(25)26/h1-3,6-7,13,20H,4-5H2,(H,21,22)(H,25,26). The van der Waals surface area contributed by atoms with Gasteiger partial charge in [0.05, 0.1) is 22.0 Å². The summed E-state index contributed by atoms with van der Waals surface area (Å²) in [5.74, 6) is 0.551. The molecule has 8 nitrogen and oxygen atoms in total. The van der Waals surface area contributed by atoms with Gasteiger partial charge in [-0.1, -0.05) is 29.3 Å². The van der Waals surface area contributed by atoms with Crippen molar-refractivity contribution in [3.8, 4) is 5.82 Å². The number of H-pyrrole nitrogens is 1. The number of aromatic amines is 1. The molecule has 3 aromatic rings. The summed E-state index contributed by atoms with van der Waals surface area (Å²) in [6.45, 7) is 0. The van der Waals surface area contributed by atoms with E-state index in [2.05, 4.69) is 20.5 Å². The number of fused-ring (bicyclic) bond motifs is 1. The first-order chi connectivity index (χ1) is 12.5. The Balaban J connectivity index is 2.04. The maximum atomic E-state index is 13.2. The van der Waals surface area contributed by atoms with Gasteiger partial charge in [-0.2, -0.15) is 5.10 Å². The van der Waals surface area contributed by atoms with E-state index in [-0.39, 0.29) is 33.1 Å². The van der Waals surface area contributed by atoms with Gasteiger partial charge in [0.25, 0.3) is 5.56 Å². The number of nitrogens with zero attached hydrogens (tertiary/aromatic N) is 3. The lowest BCUT2D eigenvalue weighted by molar-refractivity contribution is 0.187. The summed E-state index contributed by atoms with van der Waals surface area (Å²) in [4.78, 5) is 29.0. The van der Waals surface area contributed by atoms with E-state index in [9.17, 15) is 14.7 Å². The highest BCUT2D eigenvalue weighted by Gasteiger charge is 2.37. The molecule has 0 bridgehead atoms. The van der Waals surface area contributed by atoms with E-state index in [1.54, 1.807) is 18.2 Å². The Labute approximate surface area is 156 Å². The highest BCUT2D eigenvalue weighted by Crippen LogP contribution is 2.41. The minimum Gasteiger partial charge on any atom is -0.465 e. The first-order valence-corrected chi connectivity index (χ1v) is 8.63. The van der Waals surface area contributed by atoms with Gasteiger partial charge in [0.2, 0.25) is 0 Å². The van der Waals surface area contributed by atoms with Crippen molar-refractivity contribution in [3.63, 3.8) is 0 Å². The Morgan fingerprint density at radius 3 is 2.77 bits per heavy atom. The summed E-state index contributed by atoms with van der Waals surface area (Å²) in [5.41, 5.74) is -0.0372. The number of halogens is 2. The zero-order valence-electron chi connectivity index (χ0n) is 13.2. The molecule has 0 aliphatic heterocycles. The van der Waals surface area contributed by atoms with Gasteiger partial charge in [-0.25, -0.2) is 14.3 Å². The number of amides is 1. The molecular formula is C16H13Cl2N5O3. The molecule has 134 valence electrons. The monoisotopic (exact) mass is 393 g/mol. The van der Waals surface area contributed by atoms with Crippen LogP contribution in [0.2, 0.25) is 10.2 Å². The summed E-state index contributed by atoms with van der Waals surface area (Å²) in [6.07, 6.45) is 0.500. The number of carbonyl (C=O) groups is 1. The average Bonchev–Trinajstić information content (AvgIpc) is 3.33. The van der Waals surface area contributed by atoms with E-state index in [1.807, 2.05) is 0 Å². The van der Waals surface area contributed by atoms with Crippen LogP contribution in [-0.2, 0) is 0 Å². The highest BCUT2D eigenvalue weighted by molar-refractivity contribution is 6.35. The molecule has 2 heterocycles. The van der Waals surface area contributed by atoms with Crippen LogP contribution in [0.15, 0.2) is 29.1 Å². The van der Waals surface area contributed by atoms with Crippen LogP contribution in [0.1, 0.15) is 24.7 Å². The Morgan fingerprint density at radius 2 is 2.15 bits per heavy atom. The zero-order valence-corrected chi connectivity index (χ0v) is 14.8. The molecule has 1 fully saturated rings. The fourth-order valence-corrected chi connectivity index (χ4v) is 3.39. The van der Waals surface area contributed by atoms with Crippen molar-refractivity contribution in [2.24, 2.45) is 5.92 Å². The molecule has 1 atom stereocenters. The number of rotatable bonds is 4. The third-order valence-electron chi connectivity index (χ3n) is 4.29. The second kappa shape index (κ2) is 6.30. The van der Waals surface area contributed by atoms with Crippen LogP contribution < -0.4 is 10.9 Å². The first kappa shape index (κ1) is 16.9. The van der Waals surface area contributed by atoms with Crippen LogP contribution in [0.4, 0.5) is 4.79 Å². The molecule has 1 unspecified atom stereocenters. The van der Waals surface area contributed by atoms with Crippen molar-refractivity contribution in [2.75, 3.05) is 0 Å². The minimum atomic E-state index is -1.19. The Bertz CT molecular complexity index is 1070. The van der Waals surface area contributed by atoms with Crippen molar-refractivity contribution in [1.29, 1.82) is 0 Å². The summed E-state index contributed by atoms with van der Waals surface area (Å²) >= 11 is 12.1. The number of hydrogen-bond acceptors (Lipinski definition) is 4. The maximum absolute atomic E-state index is 13.2. The fraction of sp³-hybridized carbons (Fsp3) is 0.250. The Hall–Kier alpha value is -2.58. The highest BCUT2D eigenvalue weighted by atomic mass is 35.5. The molecular weight excluding hydrogens is 381 g/mol. The van der Waals surface area contributed by atoms with E-state index < -0.39 is 17.7 Å². The van der Waals surface area contributed by atoms with Crippen molar-refractivity contribution in [2.45, 2.75) is 18.9 Å². The van der Waals surface area contributed by atoms with E-state index in [0.717, 1.165) is 12.8 Å². The van der Waals surface area contributed by atoms with E-state index >= 15 is 0 Å². The number of benzene rings is 1. The fourth-order valence-electron chi connectivity index (χ4n) is 3.00. The quantitative estimate of drug-likeness (QED) is 0.629. The maximum Gasteiger partial charge on any atom is 0.405 e. The second-order valence-electron chi connectivity index (χ2n) is 6.08. The third kappa shape index (κ3) is 2.91. The van der Waals surface area contributed by atoms with Crippen LogP contribution in [0, 0.1) is 5.92 Å². The molecule has 1 saturated carbocycles. The molecule has 4 rings (SSSR count). The molecule has 2 aromatic heterocycles. The van der Waals surface area contributed by atoms with E-state index in [1.165, 1.54) is 10.6 Å². The number of hydrogen-bond donors (Lipinski definition) is 3. The van der Waals surface area contributed by atoms with Crippen LogP contribution in [0.3, 0.4) is 0 Å². The summed E-state index contributed by atoms with van der Waals surface area (Å²) in [5, 5.41) is 19.0. The molecule has 26 heavy (non-hydrogen) atoms. The summed E-state index contributed by atoms with van der Waals surface area (Å²) in [7, 11) is 0. The number of carboxylic acid groups (broad SMARTS) is 1. The van der Waals surface area contributed by atoms with Gasteiger partial charge >= 0.3 is 6.09 Å². The minimum absolute atomic E-state index is 0.0651. The predicted molar refractivity (Wildman–Crippen MR) is 96.1 cm³/mol. The largest absolute Gasteiger partial charge is 0.465 e. The Morgan fingerprint density at radius 1 is 1.38 bits per heavy atom. The summed E-state index contributed by atoms with van der Waals surface area (Å²) in [6, 6.07) is 5.79. The van der Waals surface area contributed by atoms with Gasteiger partial charge in [0.15, 0.2) is 5.82 Å². The zero-order chi connectivity index (χ0) is 18.4. The molecule has 1 aliphatic carbocycles. The topological polar surface area (TPSA) is 113 Å². The predicted octanol–water partition coefficient (Wildman–Crippen LogP) is 3.13. The molecule has 1 aromatic carbocycles. The van der Waals surface area contributed by atoms with Gasteiger partial charge in [0, 0.05) is 6.07 Å². The molecule has 10 heteroatoms. The van der Waals surface area contributed by atoms with Crippen LogP contribution in [-0.4, -0.2) is 30.9 Å². The number of nitrogens with one attached hydrogen (secondary N) is 2. The molecule has 1 amide bonds. The average molecular weight is 394 g/mol. The first-order valence-electron chi connectivity index (χ1n) is 7.87.